The van der Waals surface area contributed by atoms with Gasteiger partial charge in [0.25, 0.3) is 0 Å². The Bertz CT molecular complexity index is 1600. The molecule has 0 amide bonds. The van der Waals surface area contributed by atoms with E-state index < -0.39 is 17.2 Å². The summed E-state index contributed by atoms with van der Waals surface area (Å²) in [5.74, 6) is 0.480. The number of nitrogens with zero attached hydrogens (tertiary/aromatic N) is 6. The van der Waals surface area contributed by atoms with Gasteiger partial charge in [-0.2, -0.15) is 28.5 Å². The molecule has 5 aromatic rings. The van der Waals surface area contributed by atoms with E-state index in [-0.39, 0.29) is 11.4 Å². The molecule has 0 aliphatic carbocycles. The van der Waals surface area contributed by atoms with Crippen LogP contribution in [0.15, 0.2) is 84.2 Å². The van der Waals surface area contributed by atoms with Crippen molar-refractivity contribution in [2.24, 2.45) is 0 Å². The molecule has 0 aliphatic rings. The smallest absolute Gasteiger partial charge is 0.416 e. The van der Waals surface area contributed by atoms with E-state index in [4.69, 9.17) is 4.74 Å². The summed E-state index contributed by atoms with van der Waals surface area (Å²) in [6, 6.07) is 13.3. The van der Waals surface area contributed by atoms with Crippen LogP contribution in [0.25, 0.3) is 28.5 Å². The van der Waals surface area contributed by atoms with Crippen molar-refractivity contribution in [3.63, 3.8) is 0 Å². The first-order chi connectivity index (χ1) is 17.3. The van der Waals surface area contributed by atoms with E-state index in [0.717, 1.165) is 17.8 Å². The van der Waals surface area contributed by atoms with Crippen molar-refractivity contribution >= 4 is 0 Å². The maximum atomic E-state index is 13.3. The zero-order chi connectivity index (χ0) is 25.4. The van der Waals surface area contributed by atoms with Gasteiger partial charge in [-0.05, 0) is 48.9 Å². The lowest BCUT2D eigenvalue weighted by molar-refractivity contribution is -0.137. The van der Waals surface area contributed by atoms with Gasteiger partial charge in [-0.3, -0.25) is 4.79 Å². The van der Waals surface area contributed by atoms with Crippen LogP contribution in [0.2, 0.25) is 0 Å². The molecule has 2 aromatic carbocycles. The van der Waals surface area contributed by atoms with Crippen molar-refractivity contribution in [1.29, 1.82) is 0 Å². The molecule has 11 heteroatoms. The largest absolute Gasteiger partial charge is 0.494 e. The Morgan fingerprint density at radius 2 is 1.75 bits per heavy atom. The lowest BCUT2D eigenvalue weighted by Crippen LogP contribution is -2.16. The monoisotopic (exact) mass is 492 g/mol. The number of hydrogen-bond donors (Lipinski definition) is 0. The molecule has 182 valence electrons. The molecule has 0 spiro atoms. The van der Waals surface area contributed by atoms with E-state index in [0.29, 0.717) is 22.7 Å². The summed E-state index contributed by atoms with van der Waals surface area (Å²) in [5, 5.41) is 13.0. The molecule has 0 atom stereocenters. The summed E-state index contributed by atoms with van der Waals surface area (Å²) >= 11 is 0. The Kier molecular flexibility index (Phi) is 5.67. The van der Waals surface area contributed by atoms with Gasteiger partial charge in [0.1, 0.15) is 17.1 Å². The molecule has 0 unspecified atom stereocenters. The Morgan fingerprint density at radius 3 is 2.47 bits per heavy atom. The third-order valence-corrected chi connectivity index (χ3v) is 5.58. The third kappa shape index (κ3) is 4.15. The fourth-order valence-corrected chi connectivity index (χ4v) is 3.85. The van der Waals surface area contributed by atoms with Gasteiger partial charge < -0.3 is 4.74 Å². The van der Waals surface area contributed by atoms with Crippen LogP contribution in [-0.2, 0) is 6.18 Å². The van der Waals surface area contributed by atoms with E-state index in [1.165, 1.54) is 47.1 Å². The molecule has 5 rings (SSSR count). The second-order valence-corrected chi connectivity index (χ2v) is 7.92. The molecule has 0 aliphatic heterocycles. The van der Waals surface area contributed by atoms with Gasteiger partial charge in [0.15, 0.2) is 5.69 Å². The number of aromatic nitrogens is 6. The van der Waals surface area contributed by atoms with Gasteiger partial charge in [-0.1, -0.05) is 6.07 Å². The Labute approximate surface area is 202 Å². The highest BCUT2D eigenvalue weighted by Crippen LogP contribution is 2.32. The van der Waals surface area contributed by atoms with Crippen molar-refractivity contribution < 1.29 is 17.9 Å². The van der Waals surface area contributed by atoms with Crippen LogP contribution in [0.1, 0.15) is 11.1 Å². The third-order valence-electron chi connectivity index (χ3n) is 5.58. The average Bonchev–Trinajstić information content (AvgIpc) is 3.54. The molecule has 0 saturated heterocycles. The minimum atomic E-state index is -4.52. The van der Waals surface area contributed by atoms with E-state index in [9.17, 15) is 18.0 Å². The zero-order valence-corrected chi connectivity index (χ0v) is 19.1. The van der Waals surface area contributed by atoms with Crippen molar-refractivity contribution in [2.45, 2.75) is 13.1 Å². The van der Waals surface area contributed by atoms with Crippen LogP contribution < -0.4 is 10.2 Å². The van der Waals surface area contributed by atoms with Crippen molar-refractivity contribution in [2.75, 3.05) is 7.11 Å². The Balaban J connectivity index is 1.63. The van der Waals surface area contributed by atoms with Crippen molar-refractivity contribution in [3.05, 3.63) is 101 Å². The maximum Gasteiger partial charge on any atom is 0.416 e. The number of benzene rings is 2. The molecular weight excluding hydrogens is 473 g/mol. The van der Waals surface area contributed by atoms with Gasteiger partial charge in [0, 0.05) is 30.7 Å². The van der Waals surface area contributed by atoms with Crippen LogP contribution in [0.4, 0.5) is 13.2 Å². The Morgan fingerprint density at radius 1 is 0.917 bits per heavy atom. The van der Waals surface area contributed by atoms with Gasteiger partial charge in [0.2, 0.25) is 5.43 Å². The number of alkyl halides is 3. The van der Waals surface area contributed by atoms with E-state index in [2.05, 4.69) is 15.3 Å². The topological polar surface area (TPSA) is 79.8 Å². The number of methoxy groups -OCH3 is 1. The van der Waals surface area contributed by atoms with Crippen LogP contribution >= 0.6 is 0 Å². The normalized spacial score (nSPS) is 11.6. The molecular formula is C25H19F3N6O2. The fourth-order valence-electron chi connectivity index (χ4n) is 3.85. The highest BCUT2D eigenvalue weighted by atomic mass is 19.4. The van der Waals surface area contributed by atoms with Crippen LogP contribution in [0.3, 0.4) is 0 Å². The second-order valence-electron chi connectivity index (χ2n) is 7.92. The standard InChI is InChI=1S/C25H19F3N6O2/c1-16-15-30-34(19-6-3-5-17(13-19)25(26,27)28)24(16)23-21(35)9-12-33(31-23)20-8-7-18(14-22(20)36-2)32-11-4-10-29-32/h3-15H,1-2H3. The zero-order valence-electron chi connectivity index (χ0n) is 19.1. The first-order valence-corrected chi connectivity index (χ1v) is 10.8. The first kappa shape index (κ1) is 23.1. The minimum Gasteiger partial charge on any atom is -0.494 e. The number of halogens is 3. The number of aryl methyl sites for hydroxylation is 1. The molecule has 0 N–H and O–H groups in total. The summed E-state index contributed by atoms with van der Waals surface area (Å²) in [5.41, 5.74) is 1.15. The summed E-state index contributed by atoms with van der Waals surface area (Å²) in [4.78, 5) is 12.9. The predicted octanol–water partition coefficient (Wildman–Crippen LogP) is 4.61. The lowest BCUT2D eigenvalue weighted by Gasteiger charge is -2.14. The summed E-state index contributed by atoms with van der Waals surface area (Å²) in [6.07, 6.45) is 1.91. The fraction of sp³-hybridized carbons (Fsp3) is 0.120. The lowest BCUT2D eigenvalue weighted by atomic mass is 10.1. The first-order valence-electron chi connectivity index (χ1n) is 10.8. The highest BCUT2D eigenvalue weighted by Gasteiger charge is 2.31. The van der Waals surface area contributed by atoms with Crippen LogP contribution in [0, 0.1) is 6.92 Å². The molecule has 8 nitrogen and oxygen atoms in total. The summed E-state index contributed by atoms with van der Waals surface area (Å²) < 4.78 is 49.9. The number of hydrogen-bond acceptors (Lipinski definition) is 5. The van der Waals surface area contributed by atoms with Crippen LogP contribution in [-0.4, -0.2) is 36.5 Å². The summed E-state index contributed by atoms with van der Waals surface area (Å²) in [7, 11) is 1.52. The van der Waals surface area contributed by atoms with Gasteiger partial charge in [-0.15, -0.1) is 0 Å². The SMILES string of the molecule is COc1cc(-n2cccn2)ccc1-n1ccc(=O)c(-c2c(C)cnn2-c2cccc(C(F)(F)F)c2)n1. The van der Waals surface area contributed by atoms with E-state index in [1.54, 1.807) is 42.2 Å². The summed E-state index contributed by atoms with van der Waals surface area (Å²) in [6.45, 7) is 1.71. The number of rotatable bonds is 5. The molecule has 0 fully saturated rings. The minimum absolute atomic E-state index is 0.0307. The second kappa shape index (κ2) is 8.84. The highest BCUT2D eigenvalue weighted by molar-refractivity contribution is 5.62. The van der Waals surface area contributed by atoms with Crippen molar-refractivity contribution in [3.8, 4) is 34.2 Å². The average molecular weight is 492 g/mol. The van der Waals surface area contributed by atoms with E-state index >= 15 is 0 Å². The molecule has 36 heavy (non-hydrogen) atoms. The molecule has 0 saturated carbocycles. The van der Waals surface area contributed by atoms with Crippen LogP contribution in [0.5, 0.6) is 5.75 Å². The molecule has 0 radical (unpaired) electrons. The van der Waals surface area contributed by atoms with E-state index in [1.807, 2.05) is 6.07 Å². The van der Waals surface area contributed by atoms with Gasteiger partial charge in [0.05, 0.1) is 30.2 Å². The number of ether oxygens (including phenoxy) is 1. The molecule has 3 heterocycles. The predicted molar refractivity (Wildman–Crippen MR) is 126 cm³/mol. The van der Waals surface area contributed by atoms with Gasteiger partial charge in [-0.25, -0.2) is 14.0 Å². The maximum absolute atomic E-state index is 13.3. The van der Waals surface area contributed by atoms with Gasteiger partial charge >= 0.3 is 6.18 Å². The molecule has 3 aromatic heterocycles. The Hall–Kier alpha value is -4.67. The van der Waals surface area contributed by atoms with Crippen molar-refractivity contribution in [1.82, 2.24) is 29.3 Å². The molecule has 0 bridgehead atoms. The quantitative estimate of drug-likeness (QED) is 0.358.